The molecule has 2 aromatic carbocycles. The van der Waals surface area contributed by atoms with Gasteiger partial charge in [0.05, 0.1) is 30.9 Å². The van der Waals surface area contributed by atoms with Gasteiger partial charge in [0.2, 0.25) is 5.95 Å². The summed E-state index contributed by atoms with van der Waals surface area (Å²) >= 11 is 3.54. The van der Waals surface area contributed by atoms with Gasteiger partial charge < -0.3 is 15.2 Å². The molecule has 5 nitrogen and oxygen atoms in total. The van der Waals surface area contributed by atoms with E-state index in [1.807, 2.05) is 41.0 Å². The highest BCUT2D eigenvalue weighted by molar-refractivity contribution is 9.10. The minimum absolute atomic E-state index is 0.409. The molecule has 0 aliphatic rings. The van der Waals surface area contributed by atoms with Crippen molar-refractivity contribution < 1.29 is 9.47 Å². The lowest BCUT2D eigenvalue weighted by Crippen LogP contribution is -2.01. The van der Waals surface area contributed by atoms with Gasteiger partial charge in [-0.25, -0.2) is 4.98 Å². The molecule has 0 spiro atoms. The molecule has 0 aliphatic carbocycles. The molecule has 1 aromatic heterocycles. The van der Waals surface area contributed by atoms with E-state index in [0.717, 1.165) is 21.2 Å². The number of benzene rings is 2. The van der Waals surface area contributed by atoms with Crippen LogP contribution in [0.1, 0.15) is 0 Å². The van der Waals surface area contributed by atoms with Crippen molar-refractivity contribution in [3.8, 4) is 17.2 Å². The average molecular weight is 348 g/mol. The molecule has 108 valence electrons. The van der Waals surface area contributed by atoms with Gasteiger partial charge in [-0.3, -0.25) is 4.57 Å². The monoisotopic (exact) mass is 347 g/mol. The predicted octanol–water partition coefficient (Wildman–Crippen LogP) is 3.39. The van der Waals surface area contributed by atoms with Crippen LogP contribution in [0.2, 0.25) is 0 Å². The molecule has 0 bridgehead atoms. The van der Waals surface area contributed by atoms with Crippen molar-refractivity contribution in [2.24, 2.45) is 0 Å². The first-order chi connectivity index (χ1) is 10.2. The molecular weight excluding hydrogens is 334 g/mol. The van der Waals surface area contributed by atoms with Gasteiger partial charge in [0.15, 0.2) is 11.5 Å². The number of ether oxygens (including phenoxy) is 2. The zero-order chi connectivity index (χ0) is 15.0. The van der Waals surface area contributed by atoms with Gasteiger partial charge in [-0.15, -0.1) is 0 Å². The van der Waals surface area contributed by atoms with E-state index < -0.39 is 0 Å². The Hall–Kier alpha value is -2.21. The van der Waals surface area contributed by atoms with Crippen LogP contribution in [0.15, 0.2) is 40.9 Å². The number of imidazole rings is 1. The molecule has 0 atom stereocenters. The van der Waals surface area contributed by atoms with E-state index in [9.17, 15) is 0 Å². The molecule has 0 saturated carbocycles. The van der Waals surface area contributed by atoms with Crippen LogP contribution in [0.4, 0.5) is 5.95 Å². The summed E-state index contributed by atoms with van der Waals surface area (Å²) < 4.78 is 13.5. The molecule has 3 aromatic rings. The zero-order valence-electron chi connectivity index (χ0n) is 11.6. The number of methoxy groups -OCH3 is 2. The van der Waals surface area contributed by atoms with Gasteiger partial charge in [-0.05, 0) is 28.1 Å². The van der Waals surface area contributed by atoms with Crippen LogP contribution in [-0.2, 0) is 0 Å². The molecule has 3 rings (SSSR count). The molecule has 0 fully saturated rings. The number of nitrogens with two attached hydrogens (primary N) is 1. The lowest BCUT2D eigenvalue weighted by molar-refractivity contribution is 0.355. The van der Waals surface area contributed by atoms with Crippen LogP contribution in [0, 0.1) is 0 Å². The van der Waals surface area contributed by atoms with E-state index in [4.69, 9.17) is 15.2 Å². The van der Waals surface area contributed by atoms with Gasteiger partial charge in [0.1, 0.15) is 0 Å². The second-order valence-electron chi connectivity index (χ2n) is 4.45. The minimum atomic E-state index is 0.409. The Kier molecular flexibility index (Phi) is 3.47. The summed E-state index contributed by atoms with van der Waals surface area (Å²) in [6, 6.07) is 11.5. The first-order valence-corrected chi connectivity index (χ1v) is 7.10. The summed E-state index contributed by atoms with van der Waals surface area (Å²) in [6.07, 6.45) is 0. The molecule has 2 N–H and O–H groups in total. The number of para-hydroxylation sites is 1. The average Bonchev–Trinajstić information content (AvgIpc) is 2.81. The van der Waals surface area contributed by atoms with E-state index in [1.165, 1.54) is 0 Å². The Morgan fingerprint density at radius 2 is 1.76 bits per heavy atom. The summed E-state index contributed by atoms with van der Waals surface area (Å²) in [7, 11) is 3.20. The van der Waals surface area contributed by atoms with Crippen LogP contribution in [-0.4, -0.2) is 23.8 Å². The lowest BCUT2D eigenvalue weighted by Gasteiger charge is -2.11. The van der Waals surface area contributed by atoms with Gasteiger partial charge in [-0.2, -0.15) is 0 Å². The third-order valence-electron chi connectivity index (χ3n) is 3.28. The first kappa shape index (κ1) is 13.8. The molecule has 21 heavy (non-hydrogen) atoms. The second kappa shape index (κ2) is 5.29. The Morgan fingerprint density at radius 3 is 2.43 bits per heavy atom. The van der Waals surface area contributed by atoms with Gasteiger partial charge >= 0.3 is 0 Å². The summed E-state index contributed by atoms with van der Waals surface area (Å²) in [5.41, 5.74) is 8.62. The van der Waals surface area contributed by atoms with Gasteiger partial charge in [0, 0.05) is 16.6 Å². The maximum absolute atomic E-state index is 6.09. The molecule has 6 heteroatoms. The van der Waals surface area contributed by atoms with Crippen molar-refractivity contribution in [3.05, 3.63) is 40.9 Å². The molecular formula is C15H14BrN3O2. The summed E-state index contributed by atoms with van der Waals surface area (Å²) in [5, 5.41) is 0. The fourth-order valence-electron chi connectivity index (χ4n) is 2.31. The van der Waals surface area contributed by atoms with Crippen molar-refractivity contribution in [1.82, 2.24) is 9.55 Å². The van der Waals surface area contributed by atoms with Gasteiger partial charge in [-0.1, -0.05) is 12.1 Å². The van der Waals surface area contributed by atoms with E-state index in [-0.39, 0.29) is 0 Å². The standard InChI is InChI=1S/C15H14BrN3O2/c1-20-13-7-10-12(8-14(13)21-2)19(15(17)18-10)11-6-4-3-5-9(11)16/h3-8H,1-2H3,(H2,17,18). The van der Waals surface area contributed by atoms with E-state index in [0.29, 0.717) is 17.4 Å². The normalized spacial score (nSPS) is 10.8. The van der Waals surface area contributed by atoms with Crippen molar-refractivity contribution in [1.29, 1.82) is 0 Å². The predicted molar refractivity (Wildman–Crippen MR) is 86.3 cm³/mol. The highest BCUT2D eigenvalue weighted by atomic mass is 79.9. The number of hydrogen-bond donors (Lipinski definition) is 1. The number of hydrogen-bond acceptors (Lipinski definition) is 4. The molecule has 0 amide bonds. The Balaban J connectivity index is 2.33. The van der Waals surface area contributed by atoms with Crippen LogP contribution in [0.25, 0.3) is 16.7 Å². The zero-order valence-corrected chi connectivity index (χ0v) is 13.2. The van der Waals surface area contributed by atoms with Crippen LogP contribution in [0.3, 0.4) is 0 Å². The third-order valence-corrected chi connectivity index (χ3v) is 3.95. The van der Waals surface area contributed by atoms with Gasteiger partial charge in [0.25, 0.3) is 0 Å². The fourth-order valence-corrected chi connectivity index (χ4v) is 2.77. The van der Waals surface area contributed by atoms with Crippen LogP contribution in [0.5, 0.6) is 11.5 Å². The minimum Gasteiger partial charge on any atom is -0.493 e. The van der Waals surface area contributed by atoms with E-state index in [1.54, 1.807) is 14.2 Å². The smallest absolute Gasteiger partial charge is 0.205 e. The summed E-state index contributed by atoms with van der Waals surface area (Å²) in [5.74, 6) is 1.67. The highest BCUT2D eigenvalue weighted by Gasteiger charge is 2.15. The SMILES string of the molecule is COc1cc2nc(N)n(-c3ccccc3Br)c2cc1OC. The number of aromatic nitrogens is 2. The third kappa shape index (κ3) is 2.21. The molecule has 0 unspecified atom stereocenters. The quantitative estimate of drug-likeness (QED) is 0.788. The van der Waals surface area contributed by atoms with Crippen molar-refractivity contribution in [2.45, 2.75) is 0 Å². The number of halogens is 1. The number of rotatable bonds is 3. The highest BCUT2D eigenvalue weighted by Crippen LogP contribution is 2.35. The number of fused-ring (bicyclic) bond motifs is 1. The fraction of sp³-hybridized carbons (Fsp3) is 0.133. The Morgan fingerprint density at radius 1 is 1.10 bits per heavy atom. The van der Waals surface area contributed by atoms with Crippen molar-refractivity contribution in [2.75, 3.05) is 20.0 Å². The molecule has 0 saturated heterocycles. The lowest BCUT2D eigenvalue weighted by atomic mass is 10.2. The maximum atomic E-state index is 6.09. The number of nitrogens with zero attached hydrogens (tertiary/aromatic N) is 2. The van der Waals surface area contributed by atoms with E-state index in [2.05, 4.69) is 20.9 Å². The van der Waals surface area contributed by atoms with Crippen molar-refractivity contribution >= 4 is 32.9 Å². The molecule has 0 aliphatic heterocycles. The molecule has 0 radical (unpaired) electrons. The topological polar surface area (TPSA) is 62.3 Å². The van der Waals surface area contributed by atoms with E-state index >= 15 is 0 Å². The number of nitrogen functional groups attached to an aromatic ring is 1. The van der Waals surface area contributed by atoms with Crippen LogP contribution < -0.4 is 15.2 Å². The summed E-state index contributed by atoms with van der Waals surface area (Å²) in [4.78, 5) is 4.40. The number of anilines is 1. The summed E-state index contributed by atoms with van der Waals surface area (Å²) in [6.45, 7) is 0. The maximum Gasteiger partial charge on any atom is 0.205 e. The van der Waals surface area contributed by atoms with Crippen LogP contribution >= 0.6 is 15.9 Å². The first-order valence-electron chi connectivity index (χ1n) is 6.30. The molecule has 1 heterocycles. The second-order valence-corrected chi connectivity index (χ2v) is 5.31. The van der Waals surface area contributed by atoms with Crippen molar-refractivity contribution in [3.63, 3.8) is 0 Å². The largest absolute Gasteiger partial charge is 0.493 e. The Labute approximate surface area is 130 Å². The Bertz CT molecular complexity index is 814.